The number of nitrogens with zero attached hydrogens (tertiary/aromatic N) is 1. The second-order valence-corrected chi connectivity index (χ2v) is 8.24. The molecule has 0 heterocycles. The Morgan fingerprint density at radius 3 is 0.778 bits per heavy atom. The number of hydrogen-bond acceptors (Lipinski definition) is 0. The highest BCUT2D eigenvalue weighted by molar-refractivity contribution is 5.51. The maximum atomic E-state index is 3.49. The van der Waals surface area contributed by atoms with Crippen molar-refractivity contribution in [1.29, 1.82) is 0 Å². The molecular formula is C33H32N3+3. The van der Waals surface area contributed by atoms with Crippen molar-refractivity contribution in [2.75, 3.05) is 7.05 Å². The topological polar surface area (TPSA) is 13.2 Å². The fourth-order valence-electron chi connectivity index (χ4n) is 4.22. The third kappa shape index (κ3) is 6.14. The van der Waals surface area contributed by atoms with Crippen LogP contribution in [0.3, 0.4) is 0 Å². The summed E-state index contributed by atoms with van der Waals surface area (Å²) in [5, 5.41) is 0. The first kappa shape index (κ1) is 24.6. The fourth-order valence-corrected chi connectivity index (χ4v) is 4.22. The molecule has 0 saturated heterocycles. The van der Waals surface area contributed by atoms with Crippen LogP contribution in [0.25, 0.3) is 4.85 Å². The summed E-state index contributed by atoms with van der Waals surface area (Å²) in [7, 11) is 1.69. The van der Waals surface area contributed by atoms with E-state index in [-0.39, 0.29) is 0 Å². The molecule has 5 rings (SSSR count). The molecule has 176 valence electrons. The van der Waals surface area contributed by atoms with Gasteiger partial charge in [-0.15, -0.1) is 0 Å². The van der Waals surface area contributed by atoms with E-state index >= 15 is 0 Å². The number of quaternary nitrogens is 2. The average Bonchev–Trinajstić information content (AvgIpc) is 2.97. The second-order valence-electron chi connectivity index (χ2n) is 8.24. The highest BCUT2D eigenvalue weighted by atomic mass is 15.2. The lowest BCUT2D eigenvalue weighted by Gasteiger charge is -2.21. The SMILES string of the molecule is CC#[N+]C.c1ccc([NH+](c2ccccc2)c2ccc([NH+](c3ccccc3)c3ccccc3)cc2)cc1. The minimum atomic E-state index is 1.21. The summed E-state index contributed by atoms with van der Waals surface area (Å²) >= 11 is 0. The van der Waals surface area contributed by atoms with E-state index in [1.165, 1.54) is 43.9 Å². The molecule has 0 amide bonds. The predicted molar refractivity (Wildman–Crippen MR) is 151 cm³/mol. The average molecular weight is 471 g/mol. The van der Waals surface area contributed by atoms with Gasteiger partial charge in [-0.2, -0.15) is 0 Å². The van der Waals surface area contributed by atoms with Crippen molar-refractivity contribution in [2.45, 2.75) is 6.92 Å². The summed E-state index contributed by atoms with van der Waals surface area (Å²) in [6.45, 7) is 1.76. The third-order valence-corrected chi connectivity index (χ3v) is 5.94. The molecule has 0 aliphatic rings. The summed E-state index contributed by atoms with van der Waals surface area (Å²) < 4.78 is 0. The lowest BCUT2D eigenvalue weighted by molar-refractivity contribution is -0.684. The smallest absolute Gasteiger partial charge is 0.238 e. The van der Waals surface area contributed by atoms with Gasteiger partial charge >= 0.3 is 0 Å². The molecular weight excluding hydrogens is 438 g/mol. The first-order chi connectivity index (χ1) is 17.8. The Bertz CT molecular complexity index is 1190. The Labute approximate surface area is 214 Å². The molecule has 0 radical (unpaired) electrons. The molecule has 0 aliphatic heterocycles. The lowest BCUT2D eigenvalue weighted by Crippen LogP contribution is -2.97. The van der Waals surface area contributed by atoms with E-state index in [4.69, 9.17) is 0 Å². The van der Waals surface area contributed by atoms with E-state index in [1.807, 2.05) is 0 Å². The zero-order valence-corrected chi connectivity index (χ0v) is 20.8. The van der Waals surface area contributed by atoms with Crippen molar-refractivity contribution in [3.05, 3.63) is 150 Å². The van der Waals surface area contributed by atoms with Crippen molar-refractivity contribution in [2.24, 2.45) is 0 Å². The lowest BCUT2D eigenvalue weighted by atomic mass is 10.1. The van der Waals surface area contributed by atoms with Crippen LogP contribution in [-0.4, -0.2) is 7.05 Å². The highest BCUT2D eigenvalue weighted by Crippen LogP contribution is 2.19. The summed E-state index contributed by atoms with van der Waals surface area (Å²) in [6, 6.07) is 54.1. The monoisotopic (exact) mass is 470 g/mol. The van der Waals surface area contributed by atoms with Gasteiger partial charge in [0.1, 0.15) is 34.1 Å². The molecule has 0 atom stereocenters. The van der Waals surface area contributed by atoms with E-state index < -0.39 is 0 Å². The molecule has 5 aromatic carbocycles. The van der Waals surface area contributed by atoms with Gasteiger partial charge in [0.2, 0.25) is 0 Å². The Hall–Kier alpha value is -4.49. The largest absolute Gasteiger partial charge is 0.269 e. The van der Waals surface area contributed by atoms with Gasteiger partial charge in [-0.05, 0) is 48.5 Å². The molecule has 3 heteroatoms. The Morgan fingerprint density at radius 2 is 0.583 bits per heavy atom. The Kier molecular flexibility index (Phi) is 8.78. The van der Waals surface area contributed by atoms with Crippen molar-refractivity contribution < 1.29 is 9.80 Å². The van der Waals surface area contributed by atoms with Crippen LogP contribution in [0.15, 0.2) is 146 Å². The van der Waals surface area contributed by atoms with E-state index in [0.717, 1.165) is 0 Å². The van der Waals surface area contributed by atoms with Gasteiger partial charge in [0.15, 0.2) is 0 Å². The number of hydrogen-bond donors (Lipinski definition) is 2. The van der Waals surface area contributed by atoms with Gasteiger partial charge in [-0.3, -0.25) is 0 Å². The second kappa shape index (κ2) is 12.8. The van der Waals surface area contributed by atoms with Crippen LogP contribution < -0.4 is 9.80 Å². The minimum Gasteiger partial charge on any atom is -0.238 e. The number of benzene rings is 5. The maximum absolute atomic E-state index is 3.49. The molecule has 5 aromatic rings. The summed E-state index contributed by atoms with van der Waals surface area (Å²) in [4.78, 5) is 5.98. The van der Waals surface area contributed by atoms with Crippen LogP contribution in [0.4, 0.5) is 34.1 Å². The van der Waals surface area contributed by atoms with Gasteiger partial charge < -0.3 is 0 Å². The van der Waals surface area contributed by atoms with Gasteiger partial charge in [0, 0.05) is 24.3 Å². The Morgan fingerprint density at radius 1 is 0.389 bits per heavy atom. The molecule has 0 aliphatic carbocycles. The van der Waals surface area contributed by atoms with E-state index in [1.54, 1.807) is 14.0 Å². The van der Waals surface area contributed by atoms with E-state index in [2.05, 4.69) is 157 Å². The minimum absolute atomic E-state index is 1.21. The fraction of sp³-hybridized carbons (Fsp3) is 0.0606. The summed E-state index contributed by atoms with van der Waals surface area (Å²) in [6.07, 6.45) is 0. The molecule has 0 aromatic heterocycles. The van der Waals surface area contributed by atoms with Crippen molar-refractivity contribution >= 4 is 34.1 Å². The molecule has 2 N–H and O–H groups in total. The van der Waals surface area contributed by atoms with Crippen LogP contribution in [0, 0.1) is 6.07 Å². The first-order valence-corrected chi connectivity index (χ1v) is 12.1. The van der Waals surface area contributed by atoms with Gasteiger partial charge in [0.05, 0.1) is 6.92 Å². The normalized spacial score (nSPS) is 10.2. The van der Waals surface area contributed by atoms with Crippen molar-refractivity contribution in [3.63, 3.8) is 0 Å². The van der Waals surface area contributed by atoms with E-state index in [0.29, 0.717) is 0 Å². The van der Waals surface area contributed by atoms with Crippen molar-refractivity contribution in [1.82, 2.24) is 0 Å². The number of rotatable bonds is 6. The maximum Gasteiger partial charge on any atom is 0.269 e. The van der Waals surface area contributed by atoms with Gasteiger partial charge in [-0.1, -0.05) is 77.6 Å². The van der Waals surface area contributed by atoms with E-state index in [9.17, 15) is 0 Å². The Balaban J connectivity index is 0.000000709. The molecule has 0 spiro atoms. The molecule has 0 bridgehead atoms. The molecule has 0 fully saturated rings. The van der Waals surface area contributed by atoms with Crippen molar-refractivity contribution in [3.8, 4) is 6.07 Å². The summed E-state index contributed by atoms with van der Waals surface area (Å²) in [5.74, 6) is 0. The highest BCUT2D eigenvalue weighted by Gasteiger charge is 2.22. The van der Waals surface area contributed by atoms with Crippen LogP contribution in [0.2, 0.25) is 0 Å². The first-order valence-electron chi connectivity index (χ1n) is 12.1. The van der Waals surface area contributed by atoms with Crippen LogP contribution >= 0.6 is 0 Å². The standard InChI is InChI=1S/C30H24N2.C3H6N/c1-5-13-25(14-6-1)31(26-15-7-2-8-16-26)29-21-23-30(24-22-29)32(27-17-9-3-10-18-27)28-19-11-4-12-20-28;1-3-4-2/h1-24H;1-2H3/q;+1/p+2. The zero-order valence-electron chi connectivity index (χ0n) is 20.8. The summed E-state index contributed by atoms with van der Waals surface area (Å²) in [5.41, 5.74) is 7.32. The van der Waals surface area contributed by atoms with Crippen LogP contribution in [0.5, 0.6) is 0 Å². The molecule has 0 saturated carbocycles. The predicted octanol–water partition coefficient (Wildman–Crippen LogP) is 7.02. The number of para-hydroxylation sites is 4. The van der Waals surface area contributed by atoms with Crippen LogP contribution in [0.1, 0.15) is 6.92 Å². The van der Waals surface area contributed by atoms with Gasteiger partial charge in [-0.25, -0.2) is 9.80 Å². The third-order valence-electron chi connectivity index (χ3n) is 5.94. The number of nitrogens with one attached hydrogen (secondary N) is 2. The molecule has 3 nitrogen and oxygen atoms in total. The quantitative estimate of drug-likeness (QED) is 0.265. The van der Waals surface area contributed by atoms with Gasteiger partial charge in [0.25, 0.3) is 13.1 Å². The zero-order chi connectivity index (χ0) is 25.0. The van der Waals surface area contributed by atoms with Crippen LogP contribution in [-0.2, 0) is 0 Å². The molecule has 36 heavy (non-hydrogen) atoms. The molecule has 0 unspecified atom stereocenters.